The van der Waals surface area contributed by atoms with E-state index in [-0.39, 0.29) is 18.5 Å². The minimum Gasteiger partial charge on any atom is -0.358 e. The molecule has 1 fully saturated rings. The topological polar surface area (TPSA) is 201 Å². The summed E-state index contributed by atoms with van der Waals surface area (Å²) in [6, 6.07) is 2.39. The van der Waals surface area contributed by atoms with Gasteiger partial charge < -0.3 is 15.5 Å². The Morgan fingerprint density at radius 2 is 2.03 bits per heavy atom. The highest BCUT2D eigenvalue weighted by atomic mass is 16.6. The van der Waals surface area contributed by atoms with Gasteiger partial charge in [0.2, 0.25) is 0 Å². The van der Waals surface area contributed by atoms with Crippen LogP contribution in [0.15, 0.2) is 18.2 Å². The number of nitrogens with one attached hydrogen (secondary N) is 5. The minimum atomic E-state index is -2.57. The van der Waals surface area contributed by atoms with Crippen molar-refractivity contribution in [3.63, 3.8) is 0 Å². The number of nitrogens with two attached hydrogens (primary N) is 2. The van der Waals surface area contributed by atoms with Crippen LogP contribution in [-0.2, 0) is 22.5 Å². The molecule has 4 aliphatic rings. The van der Waals surface area contributed by atoms with E-state index in [0.29, 0.717) is 5.56 Å². The highest BCUT2D eigenvalue weighted by Gasteiger charge is 2.78. The molecule has 1 aromatic carbocycles. The lowest BCUT2D eigenvalue weighted by molar-refractivity contribution is -0.672. The standard InChI is InChI=1S/C21H28N8O5/c1-34-28-17(31)14-15-20(27-18(22)26-15)21(32,33)13(9-29(20)19(23)25-14)24-16(30)12-8-4-6-10-5-2-3-7-11(10)12/h4,6,8,13-15,32-33H,2-3,5,7,9H2,1H3,(H7,22,23,24,25,26,27,28,30,31)/p+2/t13-,14?,15-,20-/m0/s1. The van der Waals surface area contributed by atoms with E-state index in [2.05, 4.69) is 26.4 Å². The summed E-state index contributed by atoms with van der Waals surface area (Å²) in [6.07, 6.45) is 3.78. The molecule has 0 aromatic heterocycles. The molecule has 5 rings (SSSR count). The maximum Gasteiger partial charge on any atom is 0.347 e. The van der Waals surface area contributed by atoms with Crippen molar-refractivity contribution in [3.05, 3.63) is 34.9 Å². The number of benzene rings is 1. The third kappa shape index (κ3) is 3.04. The molecule has 0 bridgehead atoms. The van der Waals surface area contributed by atoms with Crippen molar-refractivity contribution in [2.45, 2.75) is 55.3 Å². The lowest BCUT2D eigenvalue weighted by Crippen LogP contribution is -2.92. The van der Waals surface area contributed by atoms with E-state index in [9.17, 15) is 19.8 Å². The third-order valence-electron chi connectivity index (χ3n) is 7.28. The highest BCUT2D eigenvalue weighted by molar-refractivity contribution is 5.96. The Balaban J connectivity index is 1.49. The molecule has 3 aliphatic heterocycles. The Bertz CT molecular complexity index is 1120. The summed E-state index contributed by atoms with van der Waals surface area (Å²) in [5, 5.41) is 31.5. The summed E-state index contributed by atoms with van der Waals surface area (Å²) < 4.78 is 1.46. The van der Waals surface area contributed by atoms with Gasteiger partial charge in [0.25, 0.3) is 23.3 Å². The van der Waals surface area contributed by atoms with Crippen molar-refractivity contribution in [3.8, 4) is 0 Å². The van der Waals surface area contributed by atoms with E-state index in [4.69, 9.17) is 16.3 Å². The number of hydrogen-bond acceptors (Lipinski definition) is 9. The van der Waals surface area contributed by atoms with E-state index in [1.165, 1.54) is 11.7 Å². The number of hydrogen-bond donors (Lipinski definition) is 9. The van der Waals surface area contributed by atoms with Gasteiger partial charge in [-0.3, -0.25) is 36.2 Å². The number of aliphatic hydroxyl groups is 2. The van der Waals surface area contributed by atoms with Gasteiger partial charge in [0, 0.05) is 5.56 Å². The Morgan fingerprint density at radius 3 is 2.79 bits per heavy atom. The Kier molecular flexibility index (Phi) is 5.15. The molecule has 0 saturated carbocycles. The number of nitrogens with zero attached hydrogens (tertiary/aromatic N) is 1. The molecule has 182 valence electrons. The van der Waals surface area contributed by atoms with Gasteiger partial charge in [0.05, 0.1) is 13.7 Å². The van der Waals surface area contributed by atoms with Crippen LogP contribution in [0.1, 0.15) is 34.3 Å². The second-order valence-electron chi connectivity index (χ2n) is 9.12. The molecule has 13 heteroatoms. The molecule has 0 radical (unpaired) electrons. The maximum atomic E-state index is 13.3. The first-order valence-corrected chi connectivity index (χ1v) is 11.2. The van der Waals surface area contributed by atoms with Gasteiger partial charge in [0.1, 0.15) is 6.04 Å². The fraction of sp³-hybridized carbons (Fsp3) is 0.524. The zero-order valence-corrected chi connectivity index (χ0v) is 18.7. The molecule has 3 heterocycles. The number of fused-ring (bicyclic) bond motifs is 1. The van der Waals surface area contributed by atoms with E-state index in [1.807, 2.05) is 12.1 Å². The average molecular weight is 475 g/mol. The first-order chi connectivity index (χ1) is 16.2. The van der Waals surface area contributed by atoms with Crippen LogP contribution < -0.4 is 37.9 Å². The molecular formula is C21H30N8O5+2. The van der Waals surface area contributed by atoms with E-state index < -0.39 is 41.4 Å². The SMILES string of the molecule is CONC(=O)C1NC(N)=[N+]2C[C@H](NC(=O)c3cccc4c3CCCC4)C(O)(O)[C@@]23NC(N)=[NH+][C@@H]13. The van der Waals surface area contributed by atoms with Gasteiger partial charge in [-0.15, -0.1) is 0 Å². The molecule has 1 spiro atoms. The first kappa shape index (κ1) is 22.4. The van der Waals surface area contributed by atoms with Crippen molar-refractivity contribution in [1.29, 1.82) is 0 Å². The molecule has 1 aromatic rings. The summed E-state index contributed by atoms with van der Waals surface area (Å²) in [6.45, 7) is -0.0519. The summed E-state index contributed by atoms with van der Waals surface area (Å²) in [5.74, 6) is -3.55. The largest absolute Gasteiger partial charge is 0.358 e. The predicted octanol–water partition coefficient (Wildman–Crippen LogP) is -5.60. The molecule has 4 atom stereocenters. The van der Waals surface area contributed by atoms with Crippen LogP contribution in [0.3, 0.4) is 0 Å². The monoisotopic (exact) mass is 474 g/mol. The fourth-order valence-corrected chi connectivity index (χ4v) is 5.76. The maximum absolute atomic E-state index is 13.3. The summed E-state index contributed by atoms with van der Waals surface area (Å²) in [4.78, 5) is 33.6. The lowest BCUT2D eigenvalue weighted by Gasteiger charge is -2.40. The van der Waals surface area contributed by atoms with Crippen molar-refractivity contribution in [2.24, 2.45) is 11.5 Å². The van der Waals surface area contributed by atoms with Crippen LogP contribution >= 0.6 is 0 Å². The minimum absolute atomic E-state index is 0.0119. The second-order valence-corrected chi connectivity index (χ2v) is 9.12. The number of carbonyl (C=O) groups is 2. The van der Waals surface area contributed by atoms with Gasteiger partial charge in [-0.05, 0) is 42.9 Å². The van der Waals surface area contributed by atoms with Gasteiger partial charge in [-0.25, -0.2) is 15.4 Å². The fourth-order valence-electron chi connectivity index (χ4n) is 5.76. The normalized spacial score (nSPS) is 30.8. The Hall–Kier alpha value is -3.42. The third-order valence-corrected chi connectivity index (χ3v) is 7.28. The number of hydroxylamine groups is 1. The van der Waals surface area contributed by atoms with Crippen molar-refractivity contribution < 1.29 is 34.2 Å². The van der Waals surface area contributed by atoms with Crippen LogP contribution in [0.25, 0.3) is 0 Å². The molecule has 34 heavy (non-hydrogen) atoms. The first-order valence-electron chi connectivity index (χ1n) is 11.2. The van der Waals surface area contributed by atoms with E-state index in [1.54, 1.807) is 6.07 Å². The smallest absolute Gasteiger partial charge is 0.347 e. The van der Waals surface area contributed by atoms with Crippen molar-refractivity contribution in [1.82, 2.24) is 21.4 Å². The van der Waals surface area contributed by atoms with E-state index >= 15 is 0 Å². The quantitative estimate of drug-likeness (QED) is 0.116. The zero-order valence-electron chi connectivity index (χ0n) is 18.7. The van der Waals surface area contributed by atoms with Crippen molar-refractivity contribution in [2.75, 3.05) is 13.7 Å². The van der Waals surface area contributed by atoms with Crippen LogP contribution in [0.5, 0.6) is 0 Å². The van der Waals surface area contributed by atoms with Gasteiger partial charge in [-0.2, -0.15) is 0 Å². The number of rotatable bonds is 4. The number of amides is 2. The predicted molar refractivity (Wildman–Crippen MR) is 118 cm³/mol. The zero-order chi connectivity index (χ0) is 24.3. The highest BCUT2D eigenvalue weighted by Crippen LogP contribution is 2.37. The molecule has 1 saturated heterocycles. The van der Waals surface area contributed by atoms with Crippen molar-refractivity contribution >= 4 is 23.7 Å². The number of aryl methyl sites for hydroxylation is 1. The molecule has 2 amide bonds. The Labute approximate surface area is 195 Å². The molecule has 1 aliphatic carbocycles. The second kappa shape index (κ2) is 7.82. The van der Waals surface area contributed by atoms with Gasteiger partial charge in [-0.1, -0.05) is 12.1 Å². The summed E-state index contributed by atoms with van der Waals surface area (Å²) >= 11 is 0. The number of carbonyl (C=O) groups excluding carboxylic acids is 2. The van der Waals surface area contributed by atoms with Crippen LogP contribution in [0.4, 0.5) is 0 Å². The van der Waals surface area contributed by atoms with Crippen LogP contribution in [-0.4, -0.2) is 81.8 Å². The van der Waals surface area contributed by atoms with Crippen LogP contribution in [0, 0.1) is 0 Å². The lowest BCUT2D eigenvalue weighted by atomic mass is 9.84. The van der Waals surface area contributed by atoms with Crippen LogP contribution in [0.2, 0.25) is 0 Å². The average Bonchev–Trinajstić information content (AvgIpc) is 3.27. The van der Waals surface area contributed by atoms with Gasteiger partial charge >= 0.3 is 11.9 Å². The van der Waals surface area contributed by atoms with Gasteiger partial charge in [0.15, 0.2) is 12.1 Å². The summed E-state index contributed by atoms with van der Waals surface area (Å²) in [7, 11) is 1.28. The molecule has 13 nitrogen and oxygen atoms in total. The molecular weight excluding hydrogens is 444 g/mol. The number of guanidine groups is 2. The Morgan fingerprint density at radius 1 is 1.26 bits per heavy atom. The molecule has 1 unspecified atom stereocenters. The summed E-state index contributed by atoms with van der Waals surface area (Å²) in [5.41, 5.74) is 15.3. The molecule has 11 N–H and O–H groups in total. The van der Waals surface area contributed by atoms with E-state index in [0.717, 1.165) is 36.8 Å².